The minimum Gasteiger partial charge on any atom is -0.461 e. The normalized spacial score (nSPS) is 16.6. The zero-order valence-electron chi connectivity index (χ0n) is 19.8. The summed E-state index contributed by atoms with van der Waals surface area (Å²) < 4.78 is 18.8. The molecule has 0 N–H and O–H groups in total. The number of piperidine rings is 1. The van der Waals surface area contributed by atoms with Crippen molar-refractivity contribution in [3.63, 3.8) is 0 Å². The molecule has 1 aliphatic carbocycles. The van der Waals surface area contributed by atoms with Crippen molar-refractivity contribution in [2.45, 2.75) is 51.2 Å². The van der Waals surface area contributed by atoms with Crippen LogP contribution in [0.3, 0.4) is 0 Å². The van der Waals surface area contributed by atoms with E-state index in [4.69, 9.17) is 37.2 Å². The lowest BCUT2D eigenvalue weighted by atomic mass is 10.0. The molecule has 0 bridgehead atoms. The number of esters is 1. The summed E-state index contributed by atoms with van der Waals surface area (Å²) in [5.41, 5.74) is 2.74. The standard InChI is InChI=1S/C25H28Cl2N4O4/c1-3-33-25(32)20-13-21(28-30(20)2)31-11-9-16(10-12-31)34-14-17-23(29-35-24(17)15-7-8-15)22-18(26)5-4-6-19(22)27/h4-6,13,15-16H,3,7-12,14H2,1-2H3. The summed E-state index contributed by atoms with van der Waals surface area (Å²) in [6.45, 7) is 4.09. The maximum atomic E-state index is 12.1. The first kappa shape index (κ1) is 24.2. The molecule has 2 aliphatic rings. The Morgan fingerprint density at radius 2 is 1.89 bits per heavy atom. The summed E-state index contributed by atoms with van der Waals surface area (Å²) in [7, 11) is 1.75. The van der Waals surface area contributed by atoms with Gasteiger partial charge in [0, 0.05) is 43.2 Å². The Morgan fingerprint density at radius 1 is 1.17 bits per heavy atom. The molecule has 1 saturated heterocycles. The van der Waals surface area contributed by atoms with Gasteiger partial charge >= 0.3 is 5.97 Å². The molecule has 8 nitrogen and oxygen atoms in total. The van der Waals surface area contributed by atoms with Gasteiger partial charge in [-0.3, -0.25) is 4.68 Å². The molecule has 0 radical (unpaired) electrons. The summed E-state index contributed by atoms with van der Waals surface area (Å²) in [6, 6.07) is 7.22. The monoisotopic (exact) mass is 518 g/mol. The molecule has 35 heavy (non-hydrogen) atoms. The molecule has 1 aliphatic heterocycles. The number of ether oxygens (including phenoxy) is 2. The van der Waals surface area contributed by atoms with Gasteiger partial charge in [-0.15, -0.1) is 0 Å². The third-order valence-electron chi connectivity index (χ3n) is 6.55. The second kappa shape index (κ2) is 10.2. The van der Waals surface area contributed by atoms with E-state index in [1.807, 2.05) is 6.07 Å². The number of carbonyl (C=O) groups excluding carboxylic acids is 1. The van der Waals surface area contributed by atoms with E-state index in [0.717, 1.165) is 55.9 Å². The highest BCUT2D eigenvalue weighted by Gasteiger charge is 2.34. The van der Waals surface area contributed by atoms with Gasteiger partial charge in [0.05, 0.1) is 29.4 Å². The predicted molar refractivity (Wildman–Crippen MR) is 133 cm³/mol. The van der Waals surface area contributed by atoms with Crippen LogP contribution in [0.25, 0.3) is 11.3 Å². The van der Waals surface area contributed by atoms with Gasteiger partial charge in [-0.05, 0) is 44.7 Å². The van der Waals surface area contributed by atoms with Crippen molar-refractivity contribution < 1.29 is 18.8 Å². The van der Waals surface area contributed by atoms with Crippen LogP contribution in [0.15, 0.2) is 28.8 Å². The van der Waals surface area contributed by atoms with E-state index in [1.165, 1.54) is 0 Å². The molecule has 0 spiro atoms. The molecule has 3 heterocycles. The van der Waals surface area contributed by atoms with Crippen LogP contribution < -0.4 is 4.90 Å². The molecule has 10 heteroatoms. The molecule has 5 rings (SSSR count). The maximum Gasteiger partial charge on any atom is 0.356 e. The number of anilines is 1. The largest absolute Gasteiger partial charge is 0.461 e. The average molecular weight is 519 g/mol. The zero-order chi connectivity index (χ0) is 24.5. The van der Waals surface area contributed by atoms with Gasteiger partial charge in [0.15, 0.2) is 5.82 Å². The van der Waals surface area contributed by atoms with Crippen molar-refractivity contribution in [3.8, 4) is 11.3 Å². The molecule has 0 atom stereocenters. The van der Waals surface area contributed by atoms with E-state index in [1.54, 1.807) is 36.9 Å². The highest BCUT2D eigenvalue weighted by atomic mass is 35.5. The summed E-state index contributed by atoms with van der Waals surface area (Å²) >= 11 is 12.9. The highest BCUT2D eigenvalue weighted by Crippen LogP contribution is 2.46. The number of halogens is 2. The third kappa shape index (κ3) is 5.06. The van der Waals surface area contributed by atoms with Crippen molar-refractivity contribution in [1.82, 2.24) is 14.9 Å². The molecule has 1 aromatic carbocycles. The van der Waals surface area contributed by atoms with E-state index in [2.05, 4.69) is 15.2 Å². The second-order valence-electron chi connectivity index (χ2n) is 8.97. The number of hydrogen-bond acceptors (Lipinski definition) is 7. The second-order valence-corrected chi connectivity index (χ2v) is 9.79. The molecule has 2 fully saturated rings. The molecule has 0 amide bonds. The number of nitrogens with zero attached hydrogens (tertiary/aromatic N) is 4. The lowest BCUT2D eigenvalue weighted by Crippen LogP contribution is -2.37. The SMILES string of the molecule is CCOC(=O)c1cc(N2CCC(OCc3c(-c4c(Cl)cccc4Cl)noc3C3CC3)CC2)nn1C. The Hall–Kier alpha value is -2.55. The Balaban J connectivity index is 1.25. The number of hydrogen-bond donors (Lipinski definition) is 0. The van der Waals surface area contributed by atoms with Crippen LogP contribution in [0.1, 0.15) is 60.3 Å². The van der Waals surface area contributed by atoms with Crippen LogP contribution in [0.4, 0.5) is 5.82 Å². The van der Waals surface area contributed by atoms with Gasteiger partial charge in [-0.2, -0.15) is 5.10 Å². The highest BCUT2D eigenvalue weighted by molar-refractivity contribution is 6.39. The van der Waals surface area contributed by atoms with Gasteiger partial charge in [-0.1, -0.05) is 34.4 Å². The first-order chi connectivity index (χ1) is 17.0. The summed E-state index contributed by atoms with van der Waals surface area (Å²) in [4.78, 5) is 14.3. The molecular weight excluding hydrogens is 491 g/mol. The van der Waals surface area contributed by atoms with Crippen LogP contribution >= 0.6 is 23.2 Å². The van der Waals surface area contributed by atoms with E-state index < -0.39 is 0 Å². The van der Waals surface area contributed by atoms with Crippen molar-refractivity contribution in [2.75, 3.05) is 24.6 Å². The fraction of sp³-hybridized carbons (Fsp3) is 0.480. The van der Waals surface area contributed by atoms with Gasteiger partial charge in [-0.25, -0.2) is 4.79 Å². The van der Waals surface area contributed by atoms with Crippen molar-refractivity contribution in [1.29, 1.82) is 0 Å². The number of aryl methyl sites for hydroxylation is 1. The van der Waals surface area contributed by atoms with Crippen molar-refractivity contribution in [2.24, 2.45) is 7.05 Å². The summed E-state index contributed by atoms with van der Waals surface area (Å²) in [6.07, 6.45) is 3.97. The van der Waals surface area contributed by atoms with Crippen LogP contribution in [0.5, 0.6) is 0 Å². The molecular formula is C25H28Cl2N4O4. The number of benzene rings is 1. The van der Waals surface area contributed by atoms with E-state index in [-0.39, 0.29) is 12.1 Å². The van der Waals surface area contributed by atoms with Gasteiger partial charge in [0.2, 0.25) is 0 Å². The quantitative estimate of drug-likeness (QED) is 0.357. The average Bonchev–Trinajstić information content (AvgIpc) is 3.49. The lowest BCUT2D eigenvalue weighted by Gasteiger charge is -2.32. The molecule has 1 saturated carbocycles. The molecule has 2 aromatic heterocycles. The van der Waals surface area contributed by atoms with Crippen LogP contribution in [0.2, 0.25) is 10.0 Å². The van der Waals surface area contributed by atoms with Gasteiger partial charge < -0.3 is 18.9 Å². The Kier molecular flexibility index (Phi) is 7.05. The van der Waals surface area contributed by atoms with Crippen molar-refractivity contribution in [3.05, 3.63) is 51.3 Å². The van der Waals surface area contributed by atoms with Crippen molar-refractivity contribution >= 4 is 35.0 Å². The topological polar surface area (TPSA) is 82.6 Å². The maximum absolute atomic E-state index is 12.1. The van der Waals surface area contributed by atoms with Gasteiger partial charge in [0.25, 0.3) is 0 Å². The van der Waals surface area contributed by atoms with E-state index in [9.17, 15) is 4.79 Å². The van der Waals surface area contributed by atoms with Gasteiger partial charge in [0.1, 0.15) is 17.1 Å². The first-order valence-corrected chi connectivity index (χ1v) is 12.7. The Bertz CT molecular complexity index is 1190. The lowest BCUT2D eigenvalue weighted by molar-refractivity contribution is 0.0245. The van der Waals surface area contributed by atoms with E-state index in [0.29, 0.717) is 46.1 Å². The summed E-state index contributed by atoms with van der Waals surface area (Å²) in [5.74, 6) is 1.69. The third-order valence-corrected chi connectivity index (χ3v) is 7.18. The number of aromatic nitrogens is 3. The Morgan fingerprint density at radius 3 is 2.54 bits per heavy atom. The fourth-order valence-corrected chi connectivity index (χ4v) is 5.08. The molecule has 0 unspecified atom stereocenters. The number of carbonyl (C=O) groups is 1. The predicted octanol–water partition coefficient (Wildman–Crippen LogP) is 5.62. The van der Waals surface area contributed by atoms with Crippen LogP contribution in [-0.2, 0) is 23.1 Å². The molecule has 186 valence electrons. The molecule has 3 aromatic rings. The van der Waals surface area contributed by atoms with Crippen LogP contribution in [0, 0.1) is 0 Å². The fourth-order valence-electron chi connectivity index (χ4n) is 4.50. The smallest absolute Gasteiger partial charge is 0.356 e. The number of rotatable bonds is 8. The minimum absolute atomic E-state index is 0.0935. The minimum atomic E-state index is -0.360. The summed E-state index contributed by atoms with van der Waals surface area (Å²) in [5, 5.41) is 9.93. The van der Waals surface area contributed by atoms with Crippen LogP contribution in [-0.4, -0.2) is 46.7 Å². The Labute approximate surface area is 214 Å². The zero-order valence-corrected chi connectivity index (χ0v) is 21.3. The van der Waals surface area contributed by atoms with E-state index >= 15 is 0 Å². The first-order valence-electron chi connectivity index (χ1n) is 12.0.